The molecule has 0 bridgehead atoms. The van der Waals surface area contributed by atoms with Gasteiger partial charge >= 0.3 is 12.1 Å². The first kappa shape index (κ1) is 26.1. The molecule has 2 N–H and O–H groups in total. The lowest BCUT2D eigenvalue weighted by molar-refractivity contribution is -0.384. The van der Waals surface area contributed by atoms with Crippen molar-refractivity contribution >= 4 is 29.6 Å². The van der Waals surface area contributed by atoms with E-state index in [1.807, 2.05) is 6.07 Å². The number of benzene rings is 2. The maximum absolute atomic E-state index is 12.7. The van der Waals surface area contributed by atoms with Crippen LogP contribution < -0.4 is 5.32 Å². The fraction of sp³-hybridized carbons (Fsp3) is 0.333. The first-order valence-corrected chi connectivity index (χ1v) is 11.3. The summed E-state index contributed by atoms with van der Waals surface area (Å²) in [6.07, 6.45) is -1.14. The lowest BCUT2D eigenvalue weighted by Gasteiger charge is -2.35. The minimum Gasteiger partial charge on any atom is -0.480 e. The number of nitro benzene ring substituents is 1. The SMILES string of the molecule is O=C(N[C@@H](CCC(=O)N1CCN(C(=O)c2cccc([N+](=O)[O-])c2)CC1)C(=O)O)OCc1ccccc1. The van der Waals surface area contributed by atoms with Crippen LogP contribution in [0.3, 0.4) is 0 Å². The van der Waals surface area contributed by atoms with E-state index in [4.69, 9.17) is 4.74 Å². The predicted molar refractivity (Wildman–Crippen MR) is 126 cm³/mol. The maximum atomic E-state index is 12.7. The number of rotatable bonds is 9. The fourth-order valence-electron chi connectivity index (χ4n) is 3.68. The van der Waals surface area contributed by atoms with Crippen molar-refractivity contribution in [1.29, 1.82) is 0 Å². The molecule has 0 aromatic heterocycles. The predicted octanol–water partition coefficient (Wildman–Crippen LogP) is 2.04. The molecule has 3 rings (SSSR count). The second kappa shape index (κ2) is 12.3. The molecule has 0 aliphatic carbocycles. The van der Waals surface area contributed by atoms with Crippen molar-refractivity contribution in [2.45, 2.75) is 25.5 Å². The Kier molecular flexibility index (Phi) is 8.92. The number of ether oxygens (including phenoxy) is 1. The average Bonchev–Trinajstić information content (AvgIpc) is 2.89. The third kappa shape index (κ3) is 7.26. The topological polar surface area (TPSA) is 159 Å². The van der Waals surface area contributed by atoms with Crippen LogP contribution in [0.1, 0.15) is 28.8 Å². The van der Waals surface area contributed by atoms with Gasteiger partial charge in [-0.1, -0.05) is 36.4 Å². The summed E-state index contributed by atoms with van der Waals surface area (Å²) in [4.78, 5) is 62.2. The summed E-state index contributed by atoms with van der Waals surface area (Å²) in [6.45, 7) is 0.935. The van der Waals surface area contributed by atoms with Gasteiger partial charge in [-0.15, -0.1) is 0 Å². The van der Waals surface area contributed by atoms with E-state index in [-0.39, 0.29) is 68.7 Å². The molecule has 12 nitrogen and oxygen atoms in total. The van der Waals surface area contributed by atoms with Gasteiger partial charge < -0.3 is 25.0 Å². The maximum Gasteiger partial charge on any atom is 0.408 e. The van der Waals surface area contributed by atoms with Gasteiger partial charge in [0, 0.05) is 50.3 Å². The molecule has 0 saturated carbocycles. The van der Waals surface area contributed by atoms with E-state index in [9.17, 15) is 34.4 Å². The number of hydrogen-bond acceptors (Lipinski definition) is 7. The van der Waals surface area contributed by atoms with Crippen LogP contribution in [-0.4, -0.2) is 75.9 Å². The van der Waals surface area contributed by atoms with E-state index in [0.717, 1.165) is 5.56 Å². The molecule has 1 aliphatic rings. The van der Waals surface area contributed by atoms with Gasteiger partial charge in [-0.2, -0.15) is 0 Å². The highest BCUT2D eigenvalue weighted by molar-refractivity contribution is 5.95. The first-order valence-electron chi connectivity index (χ1n) is 11.3. The molecule has 1 saturated heterocycles. The molecule has 2 aromatic carbocycles. The molecular weight excluding hydrogens is 472 g/mol. The number of carboxylic acid groups (broad SMARTS) is 1. The van der Waals surface area contributed by atoms with Gasteiger partial charge in [0.05, 0.1) is 4.92 Å². The molecule has 0 radical (unpaired) electrons. The molecule has 1 heterocycles. The summed E-state index contributed by atoms with van der Waals surface area (Å²) in [6, 6.07) is 13.1. The monoisotopic (exact) mass is 498 g/mol. The highest BCUT2D eigenvalue weighted by Gasteiger charge is 2.27. The third-order valence-corrected chi connectivity index (χ3v) is 5.67. The molecule has 3 amide bonds. The molecule has 2 aromatic rings. The number of amides is 3. The summed E-state index contributed by atoms with van der Waals surface area (Å²) < 4.78 is 5.04. The number of carboxylic acids is 1. The van der Waals surface area contributed by atoms with Crippen LogP contribution in [-0.2, 0) is 20.9 Å². The molecule has 1 atom stereocenters. The number of alkyl carbamates (subject to hydrolysis) is 1. The number of nitro groups is 1. The Morgan fingerprint density at radius 3 is 2.31 bits per heavy atom. The van der Waals surface area contributed by atoms with Gasteiger partial charge in [0.2, 0.25) is 5.91 Å². The molecule has 1 aliphatic heterocycles. The summed E-state index contributed by atoms with van der Waals surface area (Å²) >= 11 is 0. The Labute approximate surface area is 206 Å². The van der Waals surface area contributed by atoms with E-state index >= 15 is 0 Å². The number of nitrogens with one attached hydrogen (secondary N) is 1. The number of nitrogens with zero attached hydrogens (tertiary/aromatic N) is 3. The molecule has 0 spiro atoms. The molecule has 12 heteroatoms. The zero-order chi connectivity index (χ0) is 26.1. The summed E-state index contributed by atoms with van der Waals surface area (Å²) in [5.41, 5.74) is 0.761. The normalized spacial score (nSPS) is 14.0. The fourth-order valence-corrected chi connectivity index (χ4v) is 3.68. The van der Waals surface area contributed by atoms with E-state index in [2.05, 4.69) is 5.32 Å². The van der Waals surface area contributed by atoms with E-state index < -0.39 is 23.0 Å². The minimum atomic E-state index is -1.30. The average molecular weight is 498 g/mol. The van der Waals surface area contributed by atoms with Crippen LogP contribution in [0.4, 0.5) is 10.5 Å². The Morgan fingerprint density at radius 2 is 1.67 bits per heavy atom. The van der Waals surface area contributed by atoms with Gasteiger partial charge in [-0.25, -0.2) is 9.59 Å². The van der Waals surface area contributed by atoms with Crippen LogP contribution >= 0.6 is 0 Å². The summed E-state index contributed by atoms with van der Waals surface area (Å²) in [5.74, 6) is -1.95. The van der Waals surface area contributed by atoms with Crippen LogP contribution in [0.5, 0.6) is 0 Å². The van der Waals surface area contributed by atoms with E-state index in [0.29, 0.717) is 0 Å². The van der Waals surface area contributed by atoms with Crippen LogP contribution in [0.15, 0.2) is 54.6 Å². The zero-order valence-corrected chi connectivity index (χ0v) is 19.4. The zero-order valence-electron chi connectivity index (χ0n) is 19.4. The molecule has 190 valence electrons. The van der Waals surface area contributed by atoms with Crippen molar-refractivity contribution in [2.75, 3.05) is 26.2 Å². The van der Waals surface area contributed by atoms with Crippen LogP contribution in [0, 0.1) is 10.1 Å². The number of piperazine rings is 1. The van der Waals surface area contributed by atoms with Crippen LogP contribution in [0.2, 0.25) is 0 Å². The van der Waals surface area contributed by atoms with E-state index in [1.54, 1.807) is 24.3 Å². The second-order valence-electron chi connectivity index (χ2n) is 8.12. The third-order valence-electron chi connectivity index (χ3n) is 5.67. The van der Waals surface area contributed by atoms with E-state index in [1.165, 1.54) is 34.1 Å². The lowest BCUT2D eigenvalue weighted by atomic mass is 10.1. The second-order valence-corrected chi connectivity index (χ2v) is 8.12. The van der Waals surface area contributed by atoms with Crippen molar-refractivity contribution in [3.8, 4) is 0 Å². The molecule has 1 fully saturated rings. The molecular formula is C24H26N4O8. The first-order chi connectivity index (χ1) is 17.2. The number of hydrogen-bond donors (Lipinski definition) is 2. The number of aliphatic carboxylic acids is 1. The Balaban J connectivity index is 1.44. The summed E-state index contributed by atoms with van der Waals surface area (Å²) in [7, 11) is 0. The lowest BCUT2D eigenvalue weighted by Crippen LogP contribution is -2.51. The van der Waals surface area contributed by atoms with Gasteiger partial charge in [0.1, 0.15) is 12.6 Å². The van der Waals surface area contributed by atoms with Crippen molar-refractivity contribution in [1.82, 2.24) is 15.1 Å². The highest BCUT2D eigenvalue weighted by atomic mass is 16.6. The van der Waals surface area contributed by atoms with Crippen molar-refractivity contribution < 1.29 is 33.9 Å². The quantitative estimate of drug-likeness (QED) is 0.392. The summed E-state index contributed by atoms with van der Waals surface area (Å²) in [5, 5.41) is 22.6. The standard InChI is InChI=1S/C24H26N4O8/c29-21(10-9-20(23(31)32)25-24(33)36-16-17-5-2-1-3-6-17)26-11-13-27(14-12-26)22(30)18-7-4-8-19(15-18)28(34)35/h1-8,15,20H,9-14,16H2,(H,25,33)(H,31,32)/t20-/m0/s1. The number of carbonyl (C=O) groups is 4. The van der Waals surface area contributed by atoms with Gasteiger partial charge in [-0.05, 0) is 18.1 Å². The molecule has 36 heavy (non-hydrogen) atoms. The number of non-ortho nitro benzene ring substituents is 1. The number of carbonyl (C=O) groups excluding carboxylic acids is 3. The van der Waals surface area contributed by atoms with Gasteiger partial charge in [0.15, 0.2) is 0 Å². The molecule has 0 unspecified atom stereocenters. The van der Waals surface area contributed by atoms with Crippen LogP contribution in [0.25, 0.3) is 0 Å². The van der Waals surface area contributed by atoms with Crippen molar-refractivity contribution in [2.24, 2.45) is 0 Å². The minimum absolute atomic E-state index is 0.0166. The van der Waals surface area contributed by atoms with Gasteiger partial charge in [-0.3, -0.25) is 19.7 Å². The highest BCUT2D eigenvalue weighted by Crippen LogP contribution is 2.16. The van der Waals surface area contributed by atoms with Gasteiger partial charge in [0.25, 0.3) is 11.6 Å². The smallest absolute Gasteiger partial charge is 0.408 e. The Bertz CT molecular complexity index is 1120. The van der Waals surface area contributed by atoms with Crippen molar-refractivity contribution in [3.05, 3.63) is 75.8 Å². The largest absolute Gasteiger partial charge is 0.480 e. The Morgan fingerprint density at radius 1 is 1.00 bits per heavy atom. The Hall–Kier alpha value is -4.48. The van der Waals surface area contributed by atoms with Crippen molar-refractivity contribution in [3.63, 3.8) is 0 Å².